The lowest BCUT2D eigenvalue weighted by atomic mass is 10.1. The Bertz CT molecular complexity index is 1420. The molecule has 0 radical (unpaired) electrons. The lowest BCUT2D eigenvalue weighted by Gasteiger charge is -2.12. The Labute approximate surface area is 216 Å². The maximum absolute atomic E-state index is 12.8. The largest absolute Gasteiger partial charge is 0.497 e. The van der Waals surface area contributed by atoms with Crippen LogP contribution in [0.5, 0.6) is 5.75 Å². The topological polar surface area (TPSA) is 81.1 Å². The number of aryl methyl sites for hydroxylation is 1. The number of ether oxygens (including phenoxy) is 1. The number of carbonyl (C=O) groups excluding carboxylic acids is 1. The Kier molecular flexibility index (Phi) is 7.53. The molecule has 1 heterocycles. The number of hydrogen-bond acceptors (Lipinski definition) is 5. The molecule has 4 rings (SSSR count). The molecule has 0 fully saturated rings. The van der Waals surface area contributed by atoms with E-state index in [4.69, 9.17) is 17.0 Å². The molecule has 0 saturated heterocycles. The minimum absolute atomic E-state index is 0.268. The van der Waals surface area contributed by atoms with Gasteiger partial charge in [0.25, 0.3) is 0 Å². The van der Waals surface area contributed by atoms with Gasteiger partial charge < -0.3 is 10.1 Å². The van der Waals surface area contributed by atoms with Crippen LogP contribution in [0, 0.1) is 6.92 Å². The van der Waals surface area contributed by atoms with Gasteiger partial charge in [0, 0.05) is 17.7 Å². The zero-order chi connectivity index (χ0) is 26.6. The Morgan fingerprint density at radius 1 is 1.05 bits per heavy atom. The van der Waals surface area contributed by atoms with Gasteiger partial charge in [-0.2, -0.15) is 13.2 Å². The number of carbonyl (C=O) groups is 1. The van der Waals surface area contributed by atoms with Gasteiger partial charge in [0.05, 0.1) is 18.4 Å². The third-order valence-corrected chi connectivity index (χ3v) is 5.84. The summed E-state index contributed by atoms with van der Waals surface area (Å²) in [5.41, 5.74) is 2.91. The highest BCUT2D eigenvalue weighted by Crippen LogP contribution is 2.29. The van der Waals surface area contributed by atoms with E-state index in [9.17, 15) is 18.0 Å². The molecular formula is C26H22F3N5O2S. The van der Waals surface area contributed by atoms with Crippen LogP contribution in [-0.4, -0.2) is 32.9 Å². The molecule has 0 aliphatic heterocycles. The smallest absolute Gasteiger partial charge is 0.416 e. The number of methoxy groups -OCH3 is 1. The molecule has 0 atom stereocenters. The zero-order valence-corrected chi connectivity index (χ0v) is 20.7. The average Bonchev–Trinajstić information content (AvgIpc) is 3.37. The van der Waals surface area contributed by atoms with E-state index in [0.717, 1.165) is 34.4 Å². The SMILES string of the molecule is COc1ccc(C(=S)NC(=O)NCc2ccc(-c3ncn(-c4ccc(C(F)(F)F)cc4)n3)cc2)c(C)c1. The van der Waals surface area contributed by atoms with E-state index in [-0.39, 0.29) is 6.54 Å². The number of nitrogens with one attached hydrogen (secondary N) is 2. The van der Waals surface area contributed by atoms with Crippen molar-refractivity contribution in [1.82, 2.24) is 25.4 Å². The second kappa shape index (κ2) is 10.8. The molecule has 190 valence electrons. The van der Waals surface area contributed by atoms with Crippen molar-refractivity contribution in [2.24, 2.45) is 0 Å². The van der Waals surface area contributed by atoms with Gasteiger partial charge in [0.15, 0.2) is 5.82 Å². The number of benzene rings is 3. The quantitative estimate of drug-likeness (QED) is 0.328. The van der Waals surface area contributed by atoms with E-state index in [2.05, 4.69) is 20.7 Å². The van der Waals surface area contributed by atoms with E-state index >= 15 is 0 Å². The van der Waals surface area contributed by atoms with E-state index in [0.29, 0.717) is 22.2 Å². The molecular weight excluding hydrogens is 503 g/mol. The number of nitrogens with zero attached hydrogens (tertiary/aromatic N) is 3. The fraction of sp³-hybridized carbons (Fsp3) is 0.154. The van der Waals surface area contributed by atoms with Crippen LogP contribution in [0.1, 0.15) is 22.3 Å². The van der Waals surface area contributed by atoms with Crippen molar-refractivity contribution in [3.05, 3.63) is 95.3 Å². The lowest BCUT2D eigenvalue weighted by molar-refractivity contribution is -0.137. The number of hydrogen-bond donors (Lipinski definition) is 2. The highest BCUT2D eigenvalue weighted by atomic mass is 32.1. The maximum atomic E-state index is 12.8. The van der Waals surface area contributed by atoms with Crippen LogP contribution < -0.4 is 15.4 Å². The van der Waals surface area contributed by atoms with Crippen molar-refractivity contribution in [3.63, 3.8) is 0 Å². The summed E-state index contributed by atoms with van der Waals surface area (Å²) in [6.45, 7) is 2.15. The molecule has 11 heteroatoms. The normalized spacial score (nSPS) is 11.2. The third-order valence-electron chi connectivity index (χ3n) is 5.52. The Balaban J connectivity index is 1.33. The monoisotopic (exact) mass is 525 g/mol. The molecule has 2 amide bonds. The van der Waals surface area contributed by atoms with Crippen LogP contribution in [0.25, 0.3) is 17.1 Å². The van der Waals surface area contributed by atoms with Gasteiger partial charge in [-0.1, -0.05) is 36.5 Å². The predicted molar refractivity (Wildman–Crippen MR) is 137 cm³/mol. The first-order valence-electron chi connectivity index (χ1n) is 11.1. The Hall–Kier alpha value is -4.25. The summed E-state index contributed by atoms with van der Waals surface area (Å²) < 4.78 is 44.9. The number of rotatable bonds is 6. The van der Waals surface area contributed by atoms with Crippen molar-refractivity contribution in [3.8, 4) is 22.8 Å². The minimum atomic E-state index is -4.40. The first-order valence-corrected chi connectivity index (χ1v) is 11.5. The van der Waals surface area contributed by atoms with Crippen LogP contribution in [0.4, 0.5) is 18.0 Å². The molecule has 0 unspecified atom stereocenters. The summed E-state index contributed by atoms with van der Waals surface area (Å²) in [7, 11) is 1.58. The van der Waals surface area contributed by atoms with Crippen LogP contribution in [0.15, 0.2) is 73.1 Å². The van der Waals surface area contributed by atoms with Crippen LogP contribution in [0.2, 0.25) is 0 Å². The van der Waals surface area contributed by atoms with Crippen molar-refractivity contribution < 1.29 is 22.7 Å². The third kappa shape index (κ3) is 6.31. The number of alkyl halides is 3. The Morgan fingerprint density at radius 3 is 2.38 bits per heavy atom. The first kappa shape index (κ1) is 25.8. The fourth-order valence-electron chi connectivity index (χ4n) is 3.51. The maximum Gasteiger partial charge on any atom is 0.416 e. The van der Waals surface area contributed by atoms with E-state index < -0.39 is 17.8 Å². The molecule has 7 nitrogen and oxygen atoms in total. The molecule has 1 aromatic heterocycles. The minimum Gasteiger partial charge on any atom is -0.497 e. The van der Waals surface area contributed by atoms with Gasteiger partial charge in [0.2, 0.25) is 0 Å². The molecule has 0 saturated carbocycles. The Morgan fingerprint density at radius 2 is 1.76 bits per heavy atom. The molecule has 2 N–H and O–H groups in total. The van der Waals surface area contributed by atoms with Gasteiger partial charge in [-0.15, -0.1) is 5.10 Å². The number of amides is 2. The second-order valence-corrected chi connectivity index (χ2v) is 8.48. The van der Waals surface area contributed by atoms with Crippen LogP contribution >= 0.6 is 12.2 Å². The van der Waals surface area contributed by atoms with Gasteiger partial charge in [-0.05, 0) is 60.5 Å². The average molecular weight is 526 g/mol. The summed E-state index contributed by atoms with van der Waals surface area (Å²) in [4.78, 5) is 16.9. The number of thiocarbonyl (C=S) groups is 1. The molecule has 4 aromatic rings. The van der Waals surface area contributed by atoms with Crippen molar-refractivity contribution in [2.75, 3.05) is 7.11 Å². The summed E-state index contributed by atoms with van der Waals surface area (Å²) >= 11 is 5.35. The summed E-state index contributed by atoms with van der Waals surface area (Å²) in [5, 5.41) is 9.78. The predicted octanol–water partition coefficient (Wildman–Crippen LogP) is 5.45. The standard InChI is InChI=1S/C26H22F3N5O2S/c1-16-13-21(36-2)11-12-22(16)24(37)32-25(35)30-14-17-3-5-18(6-4-17)23-31-15-34(33-23)20-9-7-19(8-10-20)26(27,28)29/h3-13,15H,14H2,1-2H3,(H2,30,32,35,37). The summed E-state index contributed by atoms with van der Waals surface area (Å²) in [6, 6.07) is 16.9. The van der Waals surface area contributed by atoms with Crippen LogP contribution in [0.3, 0.4) is 0 Å². The summed E-state index contributed by atoms with van der Waals surface area (Å²) in [5.74, 6) is 1.12. The molecule has 0 bridgehead atoms. The second-order valence-electron chi connectivity index (χ2n) is 8.07. The summed E-state index contributed by atoms with van der Waals surface area (Å²) in [6.07, 6.45) is -2.96. The van der Waals surface area contributed by atoms with Crippen LogP contribution in [-0.2, 0) is 12.7 Å². The van der Waals surface area contributed by atoms with Crippen molar-refractivity contribution in [1.29, 1.82) is 0 Å². The highest BCUT2D eigenvalue weighted by Gasteiger charge is 2.30. The van der Waals surface area contributed by atoms with E-state index in [1.165, 1.54) is 23.1 Å². The molecule has 3 aromatic carbocycles. The van der Waals surface area contributed by atoms with Crippen molar-refractivity contribution in [2.45, 2.75) is 19.6 Å². The van der Waals surface area contributed by atoms with Gasteiger partial charge >= 0.3 is 12.2 Å². The van der Waals surface area contributed by atoms with Gasteiger partial charge in [-0.3, -0.25) is 5.32 Å². The lowest BCUT2D eigenvalue weighted by Crippen LogP contribution is -2.38. The van der Waals surface area contributed by atoms with Gasteiger partial charge in [-0.25, -0.2) is 14.5 Å². The van der Waals surface area contributed by atoms with Gasteiger partial charge in [0.1, 0.15) is 17.1 Å². The van der Waals surface area contributed by atoms with E-state index in [1.54, 1.807) is 31.4 Å². The number of urea groups is 1. The molecule has 0 spiro atoms. The number of halogens is 3. The fourth-order valence-corrected chi connectivity index (χ4v) is 3.83. The molecule has 0 aliphatic rings. The van der Waals surface area contributed by atoms with E-state index in [1.807, 2.05) is 25.1 Å². The molecule has 37 heavy (non-hydrogen) atoms. The van der Waals surface area contributed by atoms with Crippen molar-refractivity contribution >= 4 is 23.2 Å². The highest BCUT2D eigenvalue weighted by molar-refractivity contribution is 7.80. The first-order chi connectivity index (χ1) is 17.6. The number of aromatic nitrogens is 3. The molecule has 0 aliphatic carbocycles. The zero-order valence-electron chi connectivity index (χ0n) is 19.8.